The quantitative estimate of drug-likeness (QED) is 0.201. The minimum absolute atomic E-state index is 0.586. The molecule has 5 nitrogen and oxygen atoms in total. The molecular weight excluding hydrogens is 540 g/mol. The monoisotopic (exact) mass is 564 g/mol. The van der Waals surface area contributed by atoms with Crippen LogP contribution in [0.1, 0.15) is 11.1 Å². The standard InChI is InChI=1S/C39H24N4O/c40-25-27-5-9-29(10-6-27)31-13-19-34(20-14-31)43(35-21-15-32(16-22-35)30-11-7-28(26-41)8-12-30)36-23-17-33(18-24-36)39-42-37-3-1-2-4-38(37)44-39/h1-24H. The zero-order valence-corrected chi connectivity index (χ0v) is 23.6. The summed E-state index contributed by atoms with van der Waals surface area (Å²) < 4.78 is 6.00. The van der Waals surface area contributed by atoms with E-state index in [0.717, 1.165) is 56.0 Å². The summed E-state index contributed by atoms with van der Waals surface area (Å²) in [5.74, 6) is 0.586. The zero-order chi connectivity index (χ0) is 29.9. The van der Waals surface area contributed by atoms with E-state index in [9.17, 15) is 0 Å². The Bertz CT molecular complexity index is 2010. The van der Waals surface area contributed by atoms with Gasteiger partial charge in [-0.15, -0.1) is 0 Å². The third-order valence-electron chi connectivity index (χ3n) is 7.61. The maximum atomic E-state index is 9.16. The average Bonchev–Trinajstić information content (AvgIpc) is 3.54. The largest absolute Gasteiger partial charge is 0.436 e. The highest BCUT2D eigenvalue weighted by Gasteiger charge is 2.15. The average molecular weight is 565 g/mol. The first-order chi connectivity index (χ1) is 21.7. The fourth-order valence-electron chi connectivity index (χ4n) is 5.28. The topological polar surface area (TPSA) is 76.8 Å². The second-order valence-electron chi connectivity index (χ2n) is 10.3. The molecule has 0 unspecified atom stereocenters. The lowest BCUT2D eigenvalue weighted by Gasteiger charge is -2.26. The van der Waals surface area contributed by atoms with Crippen molar-refractivity contribution in [2.24, 2.45) is 0 Å². The molecular formula is C39H24N4O. The van der Waals surface area contributed by atoms with Crippen molar-refractivity contribution >= 4 is 28.2 Å². The fourth-order valence-corrected chi connectivity index (χ4v) is 5.28. The van der Waals surface area contributed by atoms with Crippen molar-refractivity contribution in [1.29, 1.82) is 10.5 Å². The molecule has 1 aromatic heterocycles. The number of hydrogen-bond donors (Lipinski definition) is 0. The molecule has 0 aliphatic carbocycles. The van der Waals surface area contributed by atoms with Gasteiger partial charge in [-0.05, 0) is 107 Å². The van der Waals surface area contributed by atoms with E-state index in [4.69, 9.17) is 14.9 Å². The van der Waals surface area contributed by atoms with Crippen molar-refractivity contribution in [3.63, 3.8) is 0 Å². The Hall–Kier alpha value is -6.43. The van der Waals surface area contributed by atoms with Crippen LogP contribution in [0, 0.1) is 22.7 Å². The van der Waals surface area contributed by atoms with Gasteiger partial charge >= 0.3 is 0 Å². The molecule has 206 valence electrons. The van der Waals surface area contributed by atoms with E-state index in [1.807, 2.05) is 84.9 Å². The second kappa shape index (κ2) is 11.4. The van der Waals surface area contributed by atoms with Crippen molar-refractivity contribution in [2.45, 2.75) is 0 Å². The van der Waals surface area contributed by atoms with E-state index in [1.165, 1.54) is 0 Å². The van der Waals surface area contributed by atoms with Gasteiger partial charge in [0.25, 0.3) is 0 Å². The van der Waals surface area contributed by atoms with Crippen LogP contribution in [-0.2, 0) is 0 Å². The van der Waals surface area contributed by atoms with Crippen LogP contribution in [-0.4, -0.2) is 4.98 Å². The number of benzene rings is 6. The molecule has 0 atom stereocenters. The van der Waals surface area contributed by atoms with E-state index in [-0.39, 0.29) is 0 Å². The number of rotatable bonds is 6. The molecule has 44 heavy (non-hydrogen) atoms. The molecule has 5 heteroatoms. The Kier molecular flexibility index (Phi) is 6.89. The van der Waals surface area contributed by atoms with E-state index in [1.54, 1.807) is 0 Å². The molecule has 0 aliphatic rings. The van der Waals surface area contributed by atoms with Crippen LogP contribution in [0.4, 0.5) is 17.1 Å². The van der Waals surface area contributed by atoms with Crippen LogP contribution in [0.3, 0.4) is 0 Å². The Morgan fingerprint density at radius 3 is 1.25 bits per heavy atom. The first-order valence-electron chi connectivity index (χ1n) is 14.2. The summed E-state index contributed by atoms with van der Waals surface area (Å²) in [7, 11) is 0. The Labute approximate surface area is 255 Å². The van der Waals surface area contributed by atoms with Gasteiger partial charge in [-0.1, -0.05) is 60.7 Å². The van der Waals surface area contributed by atoms with Crippen molar-refractivity contribution < 1.29 is 4.42 Å². The smallest absolute Gasteiger partial charge is 0.227 e. The van der Waals surface area contributed by atoms with Gasteiger partial charge in [0.15, 0.2) is 5.58 Å². The summed E-state index contributed by atoms with van der Waals surface area (Å²) in [4.78, 5) is 6.87. The molecule has 0 aliphatic heterocycles. The highest BCUT2D eigenvalue weighted by Crippen LogP contribution is 2.38. The molecule has 6 aromatic carbocycles. The van der Waals surface area contributed by atoms with Crippen molar-refractivity contribution in [3.05, 3.63) is 157 Å². The van der Waals surface area contributed by atoms with Gasteiger partial charge in [-0.3, -0.25) is 0 Å². The normalized spacial score (nSPS) is 10.7. The van der Waals surface area contributed by atoms with Crippen LogP contribution in [0.15, 0.2) is 150 Å². The number of nitrogens with zero attached hydrogens (tertiary/aromatic N) is 4. The van der Waals surface area contributed by atoms with Crippen LogP contribution in [0.2, 0.25) is 0 Å². The van der Waals surface area contributed by atoms with Crippen LogP contribution < -0.4 is 4.90 Å². The molecule has 0 saturated heterocycles. The summed E-state index contributed by atoms with van der Waals surface area (Å²) >= 11 is 0. The molecule has 0 spiro atoms. The molecule has 0 radical (unpaired) electrons. The maximum absolute atomic E-state index is 9.16. The highest BCUT2D eigenvalue weighted by molar-refractivity contribution is 5.81. The minimum Gasteiger partial charge on any atom is -0.436 e. The van der Waals surface area contributed by atoms with E-state index < -0.39 is 0 Å². The van der Waals surface area contributed by atoms with Crippen LogP contribution in [0.5, 0.6) is 0 Å². The second-order valence-corrected chi connectivity index (χ2v) is 10.3. The molecule has 0 fully saturated rings. The third-order valence-corrected chi connectivity index (χ3v) is 7.61. The highest BCUT2D eigenvalue weighted by atomic mass is 16.3. The van der Waals surface area contributed by atoms with Gasteiger partial charge in [-0.2, -0.15) is 10.5 Å². The SMILES string of the molecule is N#Cc1ccc(-c2ccc(N(c3ccc(-c4ccc(C#N)cc4)cc3)c3ccc(-c4nc5ccccc5o4)cc3)cc2)cc1. The van der Waals surface area contributed by atoms with E-state index in [2.05, 4.69) is 82.7 Å². The lowest BCUT2D eigenvalue weighted by Crippen LogP contribution is -2.09. The third kappa shape index (κ3) is 5.18. The first kappa shape index (κ1) is 26.5. The molecule has 0 amide bonds. The lowest BCUT2D eigenvalue weighted by molar-refractivity contribution is 0.620. The Morgan fingerprint density at radius 2 is 0.841 bits per heavy atom. The maximum Gasteiger partial charge on any atom is 0.227 e. The fraction of sp³-hybridized carbons (Fsp3) is 0. The molecule has 0 bridgehead atoms. The minimum atomic E-state index is 0.586. The van der Waals surface area contributed by atoms with E-state index >= 15 is 0 Å². The van der Waals surface area contributed by atoms with Crippen molar-refractivity contribution in [3.8, 4) is 45.8 Å². The van der Waals surface area contributed by atoms with Gasteiger partial charge in [0.05, 0.1) is 23.3 Å². The van der Waals surface area contributed by atoms with Gasteiger partial charge in [0.2, 0.25) is 5.89 Å². The van der Waals surface area contributed by atoms with E-state index in [0.29, 0.717) is 17.0 Å². The number of aromatic nitrogens is 1. The van der Waals surface area contributed by atoms with Gasteiger partial charge < -0.3 is 9.32 Å². The van der Waals surface area contributed by atoms with Crippen molar-refractivity contribution in [2.75, 3.05) is 4.90 Å². The van der Waals surface area contributed by atoms with Gasteiger partial charge in [0.1, 0.15) is 5.52 Å². The molecule has 0 N–H and O–H groups in total. The number of nitriles is 2. The summed E-state index contributed by atoms with van der Waals surface area (Å²) in [5.41, 5.74) is 11.0. The number of hydrogen-bond acceptors (Lipinski definition) is 5. The van der Waals surface area contributed by atoms with Crippen molar-refractivity contribution in [1.82, 2.24) is 4.98 Å². The molecule has 7 aromatic rings. The Balaban J connectivity index is 1.25. The number of fused-ring (bicyclic) bond motifs is 1. The predicted octanol–water partition coefficient (Wildman–Crippen LogP) is 10.0. The zero-order valence-electron chi connectivity index (χ0n) is 23.6. The predicted molar refractivity (Wildman–Crippen MR) is 174 cm³/mol. The number of anilines is 3. The first-order valence-corrected chi connectivity index (χ1v) is 14.2. The Morgan fingerprint density at radius 1 is 0.455 bits per heavy atom. The van der Waals surface area contributed by atoms with Crippen LogP contribution >= 0.6 is 0 Å². The van der Waals surface area contributed by atoms with Gasteiger partial charge in [-0.25, -0.2) is 4.98 Å². The number of para-hydroxylation sites is 2. The van der Waals surface area contributed by atoms with Gasteiger partial charge in [0, 0.05) is 22.6 Å². The lowest BCUT2D eigenvalue weighted by atomic mass is 10.0. The van der Waals surface area contributed by atoms with Crippen LogP contribution in [0.25, 0.3) is 44.8 Å². The summed E-state index contributed by atoms with van der Waals surface area (Å²) in [6, 6.07) is 52.4. The summed E-state index contributed by atoms with van der Waals surface area (Å²) in [6.45, 7) is 0. The molecule has 1 heterocycles. The molecule has 0 saturated carbocycles. The molecule has 7 rings (SSSR count). The summed E-state index contributed by atoms with van der Waals surface area (Å²) in [6.07, 6.45) is 0. The number of oxazole rings is 1. The summed E-state index contributed by atoms with van der Waals surface area (Å²) in [5, 5.41) is 18.3.